The smallest absolute Gasteiger partial charge is 0.161 e. The average molecular weight is 436 g/mol. The van der Waals surface area contributed by atoms with Gasteiger partial charge in [-0.2, -0.15) is 0 Å². The number of rotatable bonds is 11. The van der Waals surface area contributed by atoms with Crippen LogP contribution in [0.1, 0.15) is 43.7 Å². The average Bonchev–Trinajstić information content (AvgIpc) is 2.81. The zero-order chi connectivity index (χ0) is 22.9. The maximum absolute atomic E-state index is 13.2. The number of benzene rings is 2. The van der Waals surface area contributed by atoms with Crippen LogP contribution in [0.4, 0.5) is 0 Å². The molecule has 0 aliphatic carbocycles. The van der Waals surface area contributed by atoms with E-state index in [1.807, 2.05) is 44.2 Å². The van der Waals surface area contributed by atoms with E-state index in [9.17, 15) is 4.79 Å². The zero-order valence-corrected chi connectivity index (χ0v) is 19.5. The molecule has 170 valence electrons. The van der Waals surface area contributed by atoms with E-state index >= 15 is 0 Å². The second kappa shape index (κ2) is 11.5. The molecule has 2 aromatic carbocycles. The molecular formula is C27H33NO4. The predicted molar refractivity (Wildman–Crippen MR) is 127 cm³/mol. The number of carbonyl (C=O) groups excluding carboxylic acids is 1. The summed E-state index contributed by atoms with van der Waals surface area (Å²) in [5, 5.41) is 0. The van der Waals surface area contributed by atoms with Crippen LogP contribution >= 0.6 is 0 Å². The Morgan fingerprint density at radius 1 is 1.03 bits per heavy atom. The maximum Gasteiger partial charge on any atom is 0.161 e. The van der Waals surface area contributed by atoms with Crippen molar-refractivity contribution in [3.63, 3.8) is 0 Å². The van der Waals surface area contributed by atoms with Gasteiger partial charge in [0.25, 0.3) is 0 Å². The first-order valence-electron chi connectivity index (χ1n) is 11.1. The maximum atomic E-state index is 13.2. The molecule has 0 radical (unpaired) electrons. The summed E-state index contributed by atoms with van der Waals surface area (Å²) in [7, 11) is 3.32. The Morgan fingerprint density at radius 3 is 2.50 bits per heavy atom. The van der Waals surface area contributed by atoms with Crippen molar-refractivity contribution < 1.29 is 19.0 Å². The molecule has 0 spiro atoms. The van der Waals surface area contributed by atoms with Gasteiger partial charge in [-0.15, -0.1) is 0 Å². The van der Waals surface area contributed by atoms with Crippen molar-refractivity contribution in [1.82, 2.24) is 4.90 Å². The summed E-state index contributed by atoms with van der Waals surface area (Å²) in [5.74, 6) is 1.73. The predicted octanol–water partition coefficient (Wildman–Crippen LogP) is 5.48. The first kappa shape index (κ1) is 23.6. The van der Waals surface area contributed by atoms with Gasteiger partial charge in [0.15, 0.2) is 5.78 Å². The first-order chi connectivity index (χ1) is 15.6. The number of ketones is 1. The summed E-state index contributed by atoms with van der Waals surface area (Å²) in [6, 6.07) is 16.0. The highest BCUT2D eigenvalue weighted by atomic mass is 16.5. The van der Waals surface area contributed by atoms with Crippen molar-refractivity contribution in [3.05, 3.63) is 83.2 Å². The van der Waals surface area contributed by atoms with Crippen LogP contribution in [0.2, 0.25) is 0 Å². The summed E-state index contributed by atoms with van der Waals surface area (Å²) < 4.78 is 16.1. The second-order valence-corrected chi connectivity index (χ2v) is 7.88. The van der Waals surface area contributed by atoms with Gasteiger partial charge < -0.3 is 19.1 Å². The Balaban J connectivity index is 1.88. The van der Waals surface area contributed by atoms with Crippen LogP contribution in [-0.4, -0.2) is 38.1 Å². The molecule has 1 aliphatic rings. The van der Waals surface area contributed by atoms with Crippen LogP contribution in [0.5, 0.6) is 11.5 Å². The molecule has 1 atom stereocenters. The van der Waals surface area contributed by atoms with Gasteiger partial charge in [-0.3, -0.25) is 4.79 Å². The van der Waals surface area contributed by atoms with Gasteiger partial charge in [0, 0.05) is 43.5 Å². The van der Waals surface area contributed by atoms with Crippen molar-refractivity contribution in [2.45, 2.75) is 39.2 Å². The zero-order valence-electron chi connectivity index (χ0n) is 19.5. The highest BCUT2D eigenvalue weighted by Gasteiger charge is 2.28. The van der Waals surface area contributed by atoms with E-state index in [2.05, 4.69) is 35.4 Å². The lowest BCUT2D eigenvalue weighted by molar-refractivity contribution is -0.116. The number of allylic oxidation sites excluding steroid dienone is 3. The number of hydrogen-bond donors (Lipinski definition) is 0. The monoisotopic (exact) mass is 435 g/mol. The summed E-state index contributed by atoms with van der Waals surface area (Å²) in [4.78, 5) is 15.3. The highest BCUT2D eigenvalue weighted by molar-refractivity contribution is 5.98. The van der Waals surface area contributed by atoms with Crippen molar-refractivity contribution in [1.29, 1.82) is 0 Å². The summed E-state index contributed by atoms with van der Waals surface area (Å²) in [5.41, 5.74) is 4.07. The molecule has 2 aromatic rings. The van der Waals surface area contributed by atoms with Crippen LogP contribution < -0.4 is 9.47 Å². The highest BCUT2D eigenvalue weighted by Crippen LogP contribution is 2.36. The van der Waals surface area contributed by atoms with Crippen molar-refractivity contribution in [2.24, 2.45) is 0 Å². The van der Waals surface area contributed by atoms with E-state index in [4.69, 9.17) is 14.2 Å². The van der Waals surface area contributed by atoms with Crippen LogP contribution in [0.3, 0.4) is 0 Å². The first-order valence-corrected chi connectivity index (χ1v) is 11.1. The lowest BCUT2D eigenvalue weighted by atomic mass is 9.84. The Labute approximate surface area is 191 Å². The number of carbonyl (C=O) groups is 1. The molecule has 0 fully saturated rings. The SMILES string of the molecule is CCCC(=O)C1=C(C)N(Cc2ccc(OC)cc2)C=CC1c1cccc(OCCOC)c1. The molecule has 0 amide bonds. The summed E-state index contributed by atoms with van der Waals surface area (Å²) in [6.07, 6.45) is 5.57. The minimum atomic E-state index is -0.0906. The van der Waals surface area contributed by atoms with E-state index < -0.39 is 0 Å². The second-order valence-electron chi connectivity index (χ2n) is 7.88. The molecule has 1 aliphatic heterocycles. The topological polar surface area (TPSA) is 48.0 Å². The lowest BCUT2D eigenvalue weighted by Crippen LogP contribution is -2.25. The molecule has 1 unspecified atom stereocenters. The summed E-state index contributed by atoms with van der Waals surface area (Å²) >= 11 is 0. The third kappa shape index (κ3) is 5.80. The van der Waals surface area contributed by atoms with Crippen LogP contribution in [0, 0.1) is 0 Å². The normalized spacial score (nSPS) is 15.8. The molecule has 0 bridgehead atoms. The third-order valence-corrected chi connectivity index (χ3v) is 5.65. The van der Waals surface area contributed by atoms with Gasteiger partial charge in [0.1, 0.15) is 18.1 Å². The number of hydrogen-bond acceptors (Lipinski definition) is 5. The van der Waals surface area contributed by atoms with E-state index in [0.717, 1.165) is 40.3 Å². The fourth-order valence-electron chi connectivity index (χ4n) is 3.93. The Morgan fingerprint density at radius 2 is 1.81 bits per heavy atom. The van der Waals surface area contributed by atoms with Crippen LogP contribution in [0.25, 0.3) is 0 Å². The van der Waals surface area contributed by atoms with Gasteiger partial charge in [0.05, 0.1) is 13.7 Å². The fraction of sp³-hybridized carbons (Fsp3) is 0.370. The molecule has 1 heterocycles. The van der Waals surface area contributed by atoms with Gasteiger partial charge in [-0.1, -0.05) is 37.3 Å². The Kier molecular flexibility index (Phi) is 8.51. The minimum Gasteiger partial charge on any atom is -0.497 e. The van der Waals surface area contributed by atoms with Crippen molar-refractivity contribution in [3.8, 4) is 11.5 Å². The number of nitrogens with zero attached hydrogens (tertiary/aromatic N) is 1. The minimum absolute atomic E-state index is 0.0906. The molecular weight excluding hydrogens is 402 g/mol. The molecule has 5 heteroatoms. The fourth-order valence-corrected chi connectivity index (χ4v) is 3.93. The molecule has 5 nitrogen and oxygen atoms in total. The molecule has 0 saturated heterocycles. The molecule has 3 rings (SSSR count). The standard InChI is InChI=1S/C27H33NO4/c1-5-7-26(29)27-20(2)28(19-21-10-12-23(31-4)13-11-21)15-14-25(27)22-8-6-9-24(18-22)32-17-16-30-3/h6,8-15,18,25H,5,7,16-17,19H2,1-4H3. The van der Waals surface area contributed by atoms with E-state index in [1.165, 1.54) is 0 Å². The number of methoxy groups -OCH3 is 2. The summed E-state index contributed by atoms with van der Waals surface area (Å²) in [6.45, 7) is 5.81. The van der Waals surface area contributed by atoms with Crippen molar-refractivity contribution >= 4 is 5.78 Å². The lowest BCUT2D eigenvalue weighted by Gasteiger charge is -2.32. The number of Topliss-reactive ketones (excluding diaryl/α,β-unsaturated/α-hetero) is 1. The van der Waals surface area contributed by atoms with E-state index in [-0.39, 0.29) is 11.7 Å². The van der Waals surface area contributed by atoms with Crippen molar-refractivity contribution in [2.75, 3.05) is 27.4 Å². The van der Waals surface area contributed by atoms with E-state index in [1.54, 1.807) is 14.2 Å². The van der Waals surface area contributed by atoms with Gasteiger partial charge in [-0.25, -0.2) is 0 Å². The largest absolute Gasteiger partial charge is 0.497 e. The van der Waals surface area contributed by atoms with Gasteiger partial charge in [0.2, 0.25) is 0 Å². The van der Waals surface area contributed by atoms with E-state index in [0.29, 0.717) is 26.2 Å². The molecule has 0 aromatic heterocycles. The third-order valence-electron chi connectivity index (χ3n) is 5.65. The van der Waals surface area contributed by atoms with Gasteiger partial charge >= 0.3 is 0 Å². The Bertz CT molecular complexity index is 962. The number of ether oxygens (including phenoxy) is 3. The van der Waals surface area contributed by atoms with Crippen LogP contribution in [-0.2, 0) is 16.1 Å². The Hall–Kier alpha value is -3.05. The van der Waals surface area contributed by atoms with Gasteiger partial charge in [-0.05, 0) is 48.7 Å². The quantitative estimate of drug-likeness (QED) is 0.438. The molecule has 32 heavy (non-hydrogen) atoms. The molecule has 0 saturated carbocycles. The van der Waals surface area contributed by atoms with Crippen LogP contribution in [0.15, 0.2) is 72.1 Å². The molecule has 0 N–H and O–H groups in total.